The molecule has 0 atom stereocenters. The van der Waals surface area contributed by atoms with Gasteiger partial charge in [-0.1, -0.05) is 170 Å². The molecule has 0 amide bonds. The van der Waals surface area contributed by atoms with Gasteiger partial charge in [-0.2, -0.15) is 0 Å². The topological polar surface area (TPSA) is 17.8 Å². The molecule has 0 spiro atoms. The number of fused-ring (bicyclic) bond motifs is 1. The molecule has 2 nitrogen and oxygen atoms in total. The van der Waals surface area contributed by atoms with Crippen molar-refractivity contribution in [3.63, 3.8) is 0 Å². The Kier molecular flexibility index (Phi) is 6.86. The fraction of sp³-hybridized carbons (Fsp3) is 0. The number of aromatic nitrogens is 2. The fourth-order valence-electron chi connectivity index (χ4n) is 6.48. The Labute approximate surface area is 263 Å². The molecule has 1 aromatic heterocycles. The van der Waals surface area contributed by atoms with Gasteiger partial charge in [0.1, 0.15) is 5.82 Å². The molecule has 0 unspecified atom stereocenters. The Morgan fingerprint density at radius 2 is 0.644 bits per heavy atom. The molecule has 8 rings (SSSR count). The van der Waals surface area contributed by atoms with E-state index in [2.05, 4.69) is 187 Å². The van der Waals surface area contributed by atoms with Crippen molar-refractivity contribution in [1.29, 1.82) is 0 Å². The van der Waals surface area contributed by atoms with Gasteiger partial charge in [0.2, 0.25) is 0 Å². The Morgan fingerprint density at radius 1 is 0.311 bits per heavy atom. The van der Waals surface area contributed by atoms with Crippen molar-refractivity contribution >= 4 is 11.0 Å². The SMILES string of the molecule is c1ccc(-c2c(-c3ccccc3)c(-c3ccccc3)c3c(nc(-c4ccccc4)n3-c3ccccc3)c2-c2ccccc2)cc1. The summed E-state index contributed by atoms with van der Waals surface area (Å²) in [6, 6.07) is 64.3. The third kappa shape index (κ3) is 4.74. The normalized spacial score (nSPS) is 11.1. The van der Waals surface area contributed by atoms with Crippen molar-refractivity contribution in [3.8, 4) is 61.6 Å². The molecule has 0 radical (unpaired) electrons. The number of nitrogens with zero attached hydrogens (tertiary/aromatic N) is 2. The quantitative estimate of drug-likeness (QED) is 0.193. The van der Waals surface area contributed by atoms with E-state index in [4.69, 9.17) is 4.98 Å². The average molecular weight is 575 g/mol. The molecule has 0 saturated heterocycles. The molecule has 0 aliphatic rings. The minimum Gasteiger partial charge on any atom is -0.292 e. The molecular weight excluding hydrogens is 544 g/mol. The fourth-order valence-corrected chi connectivity index (χ4v) is 6.48. The van der Waals surface area contributed by atoms with E-state index in [1.165, 1.54) is 11.1 Å². The Morgan fingerprint density at radius 3 is 1.09 bits per heavy atom. The lowest BCUT2D eigenvalue weighted by atomic mass is 9.81. The standard InChI is InChI=1S/C43H30N2/c1-7-19-31(20-8-1)37-38(32-21-9-2-10-22-32)40(34-25-13-4-14-26-34)42-41(39(37)33-23-11-3-12-24-33)44-43(35-27-15-5-16-28-35)45(42)36-29-17-6-18-30-36/h1-30H. The predicted octanol–water partition coefficient (Wildman–Crippen LogP) is 11.4. The third-order valence-corrected chi connectivity index (χ3v) is 8.40. The maximum Gasteiger partial charge on any atom is 0.145 e. The zero-order valence-corrected chi connectivity index (χ0v) is 24.7. The van der Waals surface area contributed by atoms with E-state index >= 15 is 0 Å². The molecule has 8 aromatic rings. The van der Waals surface area contributed by atoms with E-state index in [1.54, 1.807) is 0 Å². The molecule has 212 valence electrons. The smallest absolute Gasteiger partial charge is 0.145 e. The van der Waals surface area contributed by atoms with Crippen LogP contribution in [0, 0.1) is 0 Å². The van der Waals surface area contributed by atoms with E-state index in [-0.39, 0.29) is 0 Å². The molecular formula is C43H30N2. The average Bonchev–Trinajstić information content (AvgIpc) is 3.53. The van der Waals surface area contributed by atoms with Crippen LogP contribution in [0.5, 0.6) is 0 Å². The lowest BCUT2D eigenvalue weighted by Gasteiger charge is -2.23. The molecule has 7 aromatic carbocycles. The van der Waals surface area contributed by atoms with Gasteiger partial charge in [-0.25, -0.2) is 4.98 Å². The van der Waals surface area contributed by atoms with Crippen LogP contribution in [-0.2, 0) is 0 Å². The van der Waals surface area contributed by atoms with E-state index in [0.29, 0.717) is 0 Å². The van der Waals surface area contributed by atoms with Crippen LogP contribution in [0.2, 0.25) is 0 Å². The second-order valence-electron chi connectivity index (χ2n) is 11.1. The first-order valence-corrected chi connectivity index (χ1v) is 15.3. The van der Waals surface area contributed by atoms with Crippen molar-refractivity contribution in [2.24, 2.45) is 0 Å². The molecule has 0 aliphatic carbocycles. The number of para-hydroxylation sites is 1. The van der Waals surface area contributed by atoms with Gasteiger partial charge >= 0.3 is 0 Å². The number of hydrogen-bond acceptors (Lipinski definition) is 1. The molecule has 0 fully saturated rings. The number of hydrogen-bond donors (Lipinski definition) is 0. The van der Waals surface area contributed by atoms with Gasteiger partial charge in [0.25, 0.3) is 0 Å². The van der Waals surface area contributed by atoms with Crippen LogP contribution >= 0.6 is 0 Å². The lowest BCUT2D eigenvalue weighted by Crippen LogP contribution is -2.01. The van der Waals surface area contributed by atoms with E-state index < -0.39 is 0 Å². The number of imidazole rings is 1. The lowest BCUT2D eigenvalue weighted by molar-refractivity contribution is 1.10. The van der Waals surface area contributed by atoms with Crippen molar-refractivity contribution in [2.45, 2.75) is 0 Å². The van der Waals surface area contributed by atoms with Crippen LogP contribution in [0.1, 0.15) is 0 Å². The zero-order chi connectivity index (χ0) is 30.0. The summed E-state index contributed by atoms with van der Waals surface area (Å²) in [7, 11) is 0. The van der Waals surface area contributed by atoms with E-state index in [9.17, 15) is 0 Å². The second kappa shape index (κ2) is 11.6. The molecule has 2 heteroatoms. The number of benzene rings is 7. The highest BCUT2D eigenvalue weighted by Gasteiger charge is 2.29. The van der Waals surface area contributed by atoms with Gasteiger partial charge in [0.15, 0.2) is 0 Å². The van der Waals surface area contributed by atoms with Crippen LogP contribution < -0.4 is 0 Å². The van der Waals surface area contributed by atoms with Gasteiger partial charge in [-0.05, 0) is 34.4 Å². The van der Waals surface area contributed by atoms with Gasteiger partial charge in [-0.3, -0.25) is 4.57 Å². The maximum absolute atomic E-state index is 5.61. The van der Waals surface area contributed by atoms with Crippen molar-refractivity contribution in [2.75, 3.05) is 0 Å². The summed E-state index contributed by atoms with van der Waals surface area (Å²) in [5, 5.41) is 0. The van der Waals surface area contributed by atoms with Gasteiger partial charge < -0.3 is 0 Å². The second-order valence-corrected chi connectivity index (χ2v) is 11.1. The highest BCUT2D eigenvalue weighted by molar-refractivity contribution is 6.17. The first-order chi connectivity index (χ1) is 22.4. The Bertz CT molecular complexity index is 2210. The highest BCUT2D eigenvalue weighted by Crippen LogP contribution is 2.51. The van der Waals surface area contributed by atoms with Crippen LogP contribution in [0.3, 0.4) is 0 Å². The molecule has 45 heavy (non-hydrogen) atoms. The summed E-state index contributed by atoms with van der Waals surface area (Å²) in [6.45, 7) is 0. The number of rotatable bonds is 6. The van der Waals surface area contributed by atoms with Crippen molar-refractivity contribution < 1.29 is 0 Å². The van der Waals surface area contributed by atoms with Crippen LogP contribution in [-0.4, -0.2) is 9.55 Å². The molecule has 0 N–H and O–H groups in total. The highest BCUT2D eigenvalue weighted by atomic mass is 15.1. The molecule has 0 bridgehead atoms. The monoisotopic (exact) mass is 574 g/mol. The Balaban J connectivity index is 1.69. The van der Waals surface area contributed by atoms with Crippen molar-refractivity contribution in [1.82, 2.24) is 9.55 Å². The largest absolute Gasteiger partial charge is 0.292 e. The summed E-state index contributed by atoms with van der Waals surface area (Å²) in [5.74, 6) is 0.912. The maximum atomic E-state index is 5.61. The minimum absolute atomic E-state index is 0.912. The summed E-state index contributed by atoms with van der Waals surface area (Å²) in [5.41, 5.74) is 13.5. The van der Waals surface area contributed by atoms with Crippen molar-refractivity contribution in [3.05, 3.63) is 182 Å². The summed E-state index contributed by atoms with van der Waals surface area (Å²) < 4.78 is 2.36. The van der Waals surface area contributed by atoms with Crippen LogP contribution in [0.15, 0.2) is 182 Å². The first-order valence-electron chi connectivity index (χ1n) is 15.3. The Hall–Kier alpha value is -5.99. The summed E-state index contributed by atoms with van der Waals surface area (Å²) in [6.07, 6.45) is 0. The first kappa shape index (κ1) is 26.6. The summed E-state index contributed by atoms with van der Waals surface area (Å²) >= 11 is 0. The predicted molar refractivity (Wildman–Crippen MR) is 188 cm³/mol. The van der Waals surface area contributed by atoms with Crippen LogP contribution in [0.25, 0.3) is 72.6 Å². The van der Waals surface area contributed by atoms with Crippen LogP contribution in [0.4, 0.5) is 0 Å². The zero-order valence-electron chi connectivity index (χ0n) is 24.7. The van der Waals surface area contributed by atoms with E-state index in [0.717, 1.165) is 61.5 Å². The van der Waals surface area contributed by atoms with Gasteiger partial charge in [0, 0.05) is 33.5 Å². The van der Waals surface area contributed by atoms with E-state index in [1.807, 2.05) is 0 Å². The molecule has 1 heterocycles. The van der Waals surface area contributed by atoms with Gasteiger partial charge in [-0.15, -0.1) is 0 Å². The molecule has 0 aliphatic heterocycles. The summed E-state index contributed by atoms with van der Waals surface area (Å²) in [4.78, 5) is 5.61. The molecule has 0 saturated carbocycles. The minimum atomic E-state index is 0.912. The van der Waals surface area contributed by atoms with Gasteiger partial charge in [0.05, 0.1) is 11.0 Å². The third-order valence-electron chi connectivity index (χ3n) is 8.40.